The molecule has 0 saturated carbocycles. The van der Waals surface area contributed by atoms with Crippen LogP contribution in [-0.4, -0.2) is 18.9 Å². The fraction of sp³-hybridized carbons (Fsp3) is 0.556. The standard InChI is InChI=1S/C8H12N2O.C7H14O.C3H8/c1-4-6-7(5-2)10-8(11)9-3;1-6(2)4-5-7(3)8;1-3-2/h4-6H,1-2H2,3H3,(H2,9,10,11);6H,4-5H2,1-3H3;3H2,1-2H3/b7-6+;;. The highest BCUT2D eigenvalue weighted by molar-refractivity contribution is 5.76. The van der Waals surface area contributed by atoms with E-state index in [-0.39, 0.29) is 6.03 Å². The Morgan fingerprint density at radius 1 is 1.18 bits per heavy atom. The molecular formula is C18H34N2O2. The maximum Gasteiger partial charge on any atom is 0.318 e. The van der Waals surface area contributed by atoms with Crippen LogP contribution in [0.1, 0.15) is 53.9 Å². The van der Waals surface area contributed by atoms with Crippen LogP contribution in [0.2, 0.25) is 0 Å². The summed E-state index contributed by atoms with van der Waals surface area (Å²) in [7, 11) is 1.55. The number of hydrogen-bond donors (Lipinski definition) is 2. The molecule has 4 nitrogen and oxygen atoms in total. The molecule has 2 amide bonds. The smallest absolute Gasteiger partial charge is 0.318 e. The van der Waals surface area contributed by atoms with Gasteiger partial charge in [0.05, 0.1) is 0 Å². The first-order valence-electron chi connectivity index (χ1n) is 7.72. The molecule has 0 unspecified atom stereocenters. The van der Waals surface area contributed by atoms with Crippen LogP contribution in [0.25, 0.3) is 0 Å². The van der Waals surface area contributed by atoms with Crippen LogP contribution >= 0.6 is 0 Å². The summed E-state index contributed by atoms with van der Waals surface area (Å²) in [5, 5.41) is 4.95. The Morgan fingerprint density at radius 2 is 1.68 bits per heavy atom. The first-order valence-corrected chi connectivity index (χ1v) is 7.72. The minimum absolute atomic E-state index is 0.266. The average molecular weight is 310 g/mol. The number of carbonyl (C=O) groups is 2. The number of hydrogen-bond acceptors (Lipinski definition) is 2. The number of nitrogens with one attached hydrogen (secondary N) is 2. The number of carbonyl (C=O) groups excluding carboxylic acids is 2. The van der Waals surface area contributed by atoms with E-state index < -0.39 is 0 Å². The summed E-state index contributed by atoms with van der Waals surface area (Å²) in [6, 6.07) is -0.266. The lowest BCUT2D eigenvalue weighted by Crippen LogP contribution is -2.31. The summed E-state index contributed by atoms with van der Waals surface area (Å²) in [5.41, 5.74) is 0.624. The summed E-state index contributed by atoms with van der Waals surface area (Å²) in [5.74, 6) is 0.970. The molecule has 0 spiro atoms. The molecule has 0 radical (unpaired) electrons. The third kappa shape index (κ3) is 26.7. The van der Waals surface area contributed by atoms with Gasteiger partial charge in [0, 0.05) is 19.2 Å². The van der Waals surface area contributed by atoms with Crippen LogP contribution in [0.15, 0.2) is 37.1 Å². The predicted molar refractivity (Wildman–Crippen MR) is 96.8 cm³/mol. The van der Waals surface area contributed by atoms with Crippen molar-refractivity contribution in [3.8, 4) is 0 Å². The number of rotatable bonds is 6. The van der Waals surface area contributed by atoms with Crippen LogP contribution in [0.3, 0.4) is 0 Å². The molecule has 0 aromatic rings. The van der Waals surface area contributed by atoms with Crippen molar-refractivity contribution in [1.82, 2.24) is 10.6 Å². The van der Waals surface area contributed by atoms with E-state index in [0.717, 1.165) is 12.8 Å². The fourth-order valence-corrected chi connectivity index (χ4v) is 0.973. The van der Waals surface area contributed by atoms with E-state index in [0.29, 0.717) is 17.4 Å². The van der Waals surface area contributed by atoms with Gasteiger partial charge in [-0.1, -0.05) is 53.3 Å². The van der Waals surface area contributed by atoms with Gasteiger partial charge in [0.25, 0.3) is 0 Å². The van der Waals surface area contributed by atoms with Crippen LogP contribution in [0.4, 0.5) is 4.79 Å². The summed E-state index contributed by atoms with van der Waals surface area (Å²) >= 11 is 0. The number of amides is 2. The summed E-state index contributed by atoms with van der Waals surface area (Å²) in [6.45, 7) is 17.1. The van der Waals surface area contributed by atoms with Gasteiger partial charge in [0.1, 0.15) is 5.78 Å². The topological polar surface area (TPSA) is 58.2 Å². The zero-order valence-electron chi connectivity index (χ0n) is 15.2. The lowest BCUT2D eigenvalue weighted by atomic mass is 10.1. The lowest BCUT2D eigenvalue weighted by Gasteiger charge is -2.02. The highest BCUT2D eigenvalue weighted by atomic mass is 16.2. The van der Waals surface area contributed by atoms with E-state index >= 15 is 0 Å². The van der Waals surface area contributed by atoms with Gasteiger partial charge < -0.3 is 15.4 Å². The molecule has 0 aromatic carbocycles. The van der Waals surface area contributed by atoms with E-state index in [1.165, 1.54) is 12.5 Å². The summed E-state index contributed by atoms with van der Waals surface area (Å²) in [4.78, 5) is 21.1. The molecule has 0 fully saturated rings. The second-order valence-corrected chi connectivity index (χ2v) is 5.11. The quantitative estimate of drug-likeness (QED) is 0.704. The Labute approximate surface area is 136 Å². The van der Waals surface area contributed by atoms with Gasteiger partial charge in [0.2, 0.25) is 0 Å². The van der Waals surface area contributed by atoms with Gasteiger partial charge in [0.15, 0.2) is 0 Å². The third-order valence-corrected chi connectivity index (χ3v) is 2.08. The molecule has 0 bridgehead atoms. The van der Waals surface area contributed by atoms with Crippen molar-refractivity contribution in [2.45, 2.75) is 53.9 Å². The number of allylic oxidation sites excluding steroid dienone is 3. The van der Waals surface area contributed by atoms with Crippen LogP contribution in [-0.2, 0) is 4.79 Å². The van der Waals surface area contributed by atoms with Gasteiger partial charge in [-0.25, -0.2) is 4.79 Å². The van der Waals surface area contributed by atoms with E-state index in [1.54, 1.807) is 26.1 Å². The van der Waals surface area contributed by atoms with Gasteiger partial charge in [-0.3, -0.25) is 0 Å². The third-order valence-electron chi connectivity index (χ3n) is 2.08. The zero-order valence-corrected chi connectivity index (χ0v) is 15.2. The molecule has 4 heteroatoms. The lowest BCUT2D eigenvalue weighted by molar-refractivity contribution is -0.117. The SMILES string of the molecule is C=C/C=C(\C=C)NC(=O)NC.CC(=O)CCC(C)C.CCC. The molecule has 0 aliphatic rings. The monoisotopic (exact) mass is 310 g/mol. The normalized spacial score (nSPS) is 9.50. The Hall–Kier alpha value is -1.84. The molecule has 0 heterocycles. The number of urea groups is 1. The van der Waals surface area contributed by atoms with E-state index in [1.807, 2.05) is 0 Å². The van der Waals surface area contributed by atoms with Gasteiger partial charge >= 0.3 is 6.03 Å². The highest BCUT2D eigenvalue weighted by Crippen LogP contribution is 2.02. The van der Waals surface area contributed by atoms with Gasteiger partial charge in [-0.05, 0) is 31.4 Å². The second kappa shape index (κ2) is 19.2. The maximum absolute atomic E-state index is 10.7. The molecule has 0 rings (SSSR count). The van der Waals surface area contributed by atoms with Crippen molar-refractivity contribution >= 4 is 11.8 Å². The Morgan fingerprint density at radius 3 is 1.91 bits per heavy atom. The fourth-order valence-electron chi connectivity index (χ4n) is 0.973. The van der Waals surface area contributed by atoms with Crippen molar-refractivity contribution in [1.29, 1.82) is 0 Å². The first kappa shape index (κ1) is 25.1. The van der Waals surface area contributed by atoms with Gasteiger partial charge in [-0.2, -0.15) is 0 Å². The largest absolute Gasteiger partial charge is 0.341 e. The second-order valence-electron chi connectivity index (χ2n) is 5.11. The molecule has 0 aliphatic heterocycles. The average Bonchev–Trinajstić information content (AvgIpc) is 2.46. The predicted octanol–water partition coefficient (Wildman–Crippen LogP) is 4.60. The molecular weight excluding hydrogens is 276 g/mol. The van der Waals surface area contributed by atoms with E-state index in [2.05, 4.69) is 51.5 Å². The minimum Gasteiger partial charge on any atom is -0.341 e. The van der Waals surface area contributed by atoms with Crippen molar-refractivity contribution < 1.29 is 9.59 Å². The molecule has 128 valence electrons. The Bertz CT molecular complexity index is 345. The molecule has 0 saturated heterocycles. The van der Waals surface area contributed by atoms with Crippen molar-refractivity contribution in [3.05, 3.63) is 37.1 Å². The summed E-state index contributed by atoms with van der Waals surface area (Å²) < 4.78 is 0. The Balaban J connectivity index is -0.000000288. The summed E-state index contributed by atoms with van der Waals surface area (Å²) in [6.07, 6.45) is 7.80. The molecule has 22 heavy (non-hydrogen) atoms. The number of ketones is 1. The maximum atomic E-state index is 10.7. The van der Waals surface area contributed by atoms with Gasteiger partial charge in [-0.15, -0.1) is 0 Å². The number of Topliss-reactive ketones (excluding diaryl/α,β-unsaturated/α-hetero) is 1. The molecule has 0 atom stereocenters. The van der Waals surface area contributed by atoms with E-state index in [9.17, 15) is 9.59 Å². The van der Waals surface area contributed by atoms with Crippen LogP contribution in [0.5, 0.6) is 0 Å². The molecule has 0 aromatic heterocycles. The van der Waals surface area contributed by atoms with Crippen LogP contribution in [0, 0.1) is 5.92 Å². The van der Waals surface area contributed by atoms with E-state index in [4.69, 9.17) is 0 Å². The Kier molecular flexibility index (Phi) is 21.9. The van der Waals surface area contributed by atoms with Crippen LogP contribution < -0.4 is 10.6 Å². The minimum atomic E-state index is -0.266. The molecule has 0 aliphatic carbocycles. The van der Waals surface area contributed by atoms with Crippen molar-refractivity contribution in [2.24, 2.45) is 5.92 Å². The zero-order chi connectivity index (χ0) is 18.0. The van der Waals surface area contributed by atoms with Crippen molar-refractivity contribution in [3.63, 3.8) is 0 Å². The highest BCUT2D eigenvalue weighted by Gasteiger charge is 1.95. The first-order chi connectivity index (χ1) is 10.3. The van der Waals surface area contributed by atoms with Crippen molar-refractivity contribution in [2.75, 3.05) is 7.05 Å². The molecule has 2 N–H and O–H groups in total.